The number of carbonyl (C=O) groups is 2. The van der Waals surface area contributed by atoms with Gasteiger partial charge in [-0.3, -0.25) is 9.59 Å². The number of rotatable bonds is 9. The van der Waals surface area contributed by atoms with Crippen LogP contribution in [0.5, 0.6) is 0 Å². The zero-order valence-corrected chi connectivity index (χ0v) is 19.5. The number of sulfonamides is 1. The number of hydrogen-bond donors (Lipinski definition) is 0. The molecule has 10 nitrogen and oxygen atoms in total. The zero-order valence-electron chi connectivity index (χ0n) is 18.6. The van der Waals surface area contributed by atoms with E-state index in [1.54, 1.807) is 26.0 Å². The standard InChI is InChI=1S/C21H28N4O6S/c1-5-24(6-2)32(28,29)17-9-7-16(8-10-17)25-12-15(11-19(25)26)21(27)30-13-18-22-20(14(3)4)23-31-18/h7-10,14-15H,5-6,11-13H2,1-4H3/t15-/m1/s1. The fourth-order valence-corrected chi connectivity index (χ4v) is 4.90. The Labute approximate surface area is 187 Å². The lowest BCUT2D eigenvalue weighted by atomic mass is 10.1. The van der Waals surface area contributed by atoms with Gasteiger partial charge in [-0.2, -0.15) is 9.29 Å². The summed E-state index contributed by atoms with van der Waals surface area (Å²) in [6.45, 7) is 8.14. The van der Waals surface area contributed by atoms with E-state index < -0.39 is 21.9 Å². The normalized spacial score (nSPS) is 16.9. The molecule has 32 heavy (non-hydrogen) atoms. The molecule has 1 saturated heterocycles. The molecule has 1 amide bonds. The molecule has 1 atom stereocenters. The number of amides is 1. The van der Waals surface area contributed by atoms with Crippen molar-refractivity contribution >= 4 is 27.6 Å². The highest BCUT2D eigenvalue weighted by molar-refractivity contribution is 7.89. The second kappa shape index (κ2) is 9.78. The van der Waals surface area contributed by atoms with Crippen LogP contribution in [0.1, 0.15) is 51.7 Å². The first-order valence-electron chi connectivity index (χ1n) is 10.6. The predicted octanol–water partition coefficient (Wildman–Crippen LogP) is 2.32. The van der Waals surface area contributed by atoms with Crippen LogP contribution in [0.4, 0.5) is 5.69 Å². The van der Waals surface area contributed by atoms with Crippen molar-refractivity contribution in [1.82, 2.24) is 14.4 Å². The van der Waals surface area contributed by atoms with Gasteiger partial charge in [0.05, 0.1) is 10.8 Å². The first-order chi connectivity index (χ1) is 15.2. The molecule has 0 bridgehead atoms. The topological polar surface area (TPSA) is 123 Å². The van der Waals surface area contributed by atoms with Gasteiger partial charge in [0.25, 0.3) is 5.89 Å². The number of hydrogen-bond acceptors (Lipinski definition) is 8. The molecule has 1 aromatic heterocycles. The number of aromatic nitrogens is 2. The van der Waals surface area contributed by atoms with Crippen molar-refractivity contribution in [3.05, 3.63) is 36.0 Å². The van der Waals surface area contributed by atoms with Crippen LogP contribution < -0.4 is 4.90 Å². The summed E-state index contributed by atoms with van der Waals surface area (Å²) in [7, 11) is -3.58. The van der Waals surface area contributed by atoms with Crippen molar-refractivity contribution in [2.45, 2.75) is 51.5 Å². The molecule has 2 aromatic rings. The molecule has 1 aliphatic rings. The molecule has 0 N–H and O–H groups in total. The van der Waals surface area contributed by atoms with Gasteiger partial charge in [-0.1, -0.05) is 32.9 Å². The minimum absolute atomic E-state index is 0.0133. The minimum atomic E-state index is -3.58. The second-order valence-corrected chi connectivity index (χ2v) is 9.74. The Balaban J connectivity index is 1.63. The number of anilines is 1. The molecule has 2 heterocycles. The second-order valence-electron chi connectivity index (χ2n) is 7.80. The molecule has 1 aliphatic heterocycles. The van der Waals surface area contributed by atoms with Crippen LogP contribution in [-0.2, 0) is 31.0 Å². The third-order valence-corrected chi connectivity index (χ3v) is 7.35. The van der Waals surface area contributed by atoms with Crippen molar-refractivity contribution in [3.8, 4) is 0 Å². The number of nitrogens with zero attached hydrogens (tertiary/aromatic N) is 4. The van der Waals surface area contributed by atoms with E-state index in [9.17, 15) is 18.0 Å². The Morgan fingerprint density at radius 1 is 1.25 bits per heavy atom. The first kappa shape index (κ1) is 23.9. The van der Waals surface area contributed by atoms with Crippen LogP contribution in [0.25, 0.3) is 0 Å². The smallest absolute Gasteiger partial charge is 0.311 e. The van der Waals surface area contributed by atoms with Crippen LogP contribution >= 0.6 is 0 Å². The Morgan fingerprint density at radius 2 is 1.91 bits per heavy atom. The molecule has 1 aromatic carbocycles. The van der Waals surface area contributed by atoms with Crippen molar-refractivity contribution in [2.75, 3.05) is 24.5 Å². The lowest BCUT2D eigenvalue weighted by Gasteiger charge is -2.20. The fraction of sp³-hybridized carbons (Fsp3) is 0.524. The third kappa shape index (κ3) is 4.99. The van der Waals surface area contributed by atoms with E-state index in [-0.39, 0.29) is 42.2 Å². The average molecular weight is 465 g/mol. The summed E-state index contributed by atoms with van der Waals surface area (Å²) < 4.78 is 36.9. The highest BCUT2D eigenvalue weighted by Crippen LogP contribution is 2.28. The number of esters is 1. The maximum absolute atomic E-state index is 12.6. The fourth-order valence-electron chi connectivity index (χ4n) is 3.44. The lowest BCUT2D eigenvalue weighted by Crippen LogP contribution is -2.30. The van der Waals surface area contributed by atoms with Gasteiger partial charge in [0.1, 0.15) is 0 Å². The molecular formula is C21H28N4O6S. The van der Waals surface area contributed by atoms with Gasteiger partial charge in [-0.05, 0) is 24.3 Å². The molecule has 0 saturated carbocycles. The van der Waals surface area contributed by atoms with Gasteiger partial charge in [0.15, 0.2) is 12.4 Å². The summed E-state index contributed by atoms with van der Waals surface area (Å²) in [5, 5.41) is 3.82. The monoisotopic (exact) mass is 464 g/mol. The van der Waals surface area contributed by atoms with E-state index >= 15 is 0 Å². The van der Waals surface area contributed by atoms with Crippen LogP contribution in [0.15, 0.2) is 33.7 Å². The Morgan fingerprint density at radius 3 is 2.47 bits per heavy atom. The van der Waals surface area contributed by atoms with Gasteiger partial charge in [0.2, 0.25) is 15.9 Å². The van der Waals surface area contributed by atoms with Gasteiger partial charge < -0.3 is 14.2 Å². The van der Waals surface area contributed by atoms with Gasteiger partial charge in [0, 0.05) is 37.7 Å². The van der Waals surface area contributed by atoms with Gasteiger partial charge >= 0.3 is 5.97 Å². The summed E-state index contributed by atoms with van der Waals surface area (Å²) in [5.41, 5.74) is 0.530. The molecule has 174 valence electrons. The Hall–Kier alpha value is -2.79. The summed E-state index contributed by atoms with van der Waals surface area (Å²) >= 11 is 0. The van der Waals surface area contributed by atoms with Crippen LogP contribution in [0.3, 0.4) is 0 Å². The maximum Gasteiger partial charge on any atom is 0.311 e. The largest absolute Gasteiger partial charge is 0.455 e. The summed E-state index contributed by atoms with van der Waals surface area (Å²) in [4.78, 5) is 30.7. The average Bonchev–Trinajstić information content (AvgIpc) is 3.40. The molecular weight excluding hydrogens is 436 g/mol. The van der Waals surface area contributed by atoms with Crippen LogP contribution in [-0.4, -0.2) is 54.4 Å². The Kier molecular flexibility index (Phi) is 7.29. The van der Waals surface area contributed by atoms with Crippen LogP contribution in [0, 0.1) is 5.92 Å². The van der Waals surface area contributed by atoms with E-state index in [0.717, 1.165) is 0 Å². The summed E-state index contributed by atoms with van der Waals surface area (Å²) in [6, 6.07) is 6.11. The zero-order chi connectivity index (χ0) is 23.5. The van der Waals surface area contributed by atoms with Crippen molar-refractivity contribution in [2.24, 2.45) is 5.92 Å². The lowest BCUT2D eigenvalue weighted by molar-refractivity contribution is -0.150. The number of benzene rings is 1. The number of ether oxygens (including phenoxy) is 1. The molecule has 0 unspecified atom stereocenters. The molecule has 1 fully saturated rings. The third-order valence-electron chi connectivity index (χ3n) is 5.29. The number of carbonyl (C=O) groups excluding carboxylic acids is 2. The van der Waals surface area contributed by atoms with Gasteiger partial charge in [-0.15, -0.1) is 0 Å². The van der Waals surface area contributed by atoms with E-state index in [1.807, 2.05) is 13.8 Å². The van der Waals surface area contributed by atoms with Crippen LogP contribution in [0.2, 0.25) is 0 Å². The highest BCUT2D eigenvalue weighted by atomic mass is 32.2. The minimum Gasteiger partial charge on any atom is -0.455 e. The van der Waals surface area contributed by atoms with E-state index in [2.05, 4.69) is 10.1 Å². The molecule has 3 rings (SSSR count). The maximum atomic E-state index is 12.6. The van der Waals surface area contributed by atoms with E-state index in [1.165, 1.54) is 21.3 Å². The molecule has 0 radical (unpaired) electrons. The van der Waals surface area contributed by atoms with Crippen molar-refractivity contribution in [1.29, 1.82) is 0 Å². The summed E-state index contributed by atoms with van der Waals surface area (Å²) in [6.07, 6.45) is 0.0133. The van der Waals surface area contributed by atoms with Gasteiger partial charge in [-0.25, -0.2) is 8.42 Å². The van der Waals surface area contributed by atoms with E-state index in [0.29, 0.717) is 24.6 Å². The highest BCUT2D eigenvalue weighted by Gasteiger charge is 2.36. The molecule has 0 spiro atoms. The Bertz CT molecular complexity index is 1060. The molecule has 0 aliphatic carbocycles. The van der Waals surface area contributed by atoms with Crippen molar-refractivity contribution < 1.29 is 27.3 Å². The summed E-state index contributed by atoms with van der Waals surface area (Å²) in [5.74, 6) is -0.554. The first-order valence-corrected chi connectivity index (χ1v) is 12.0. The quantitative estimate of drug-likeness (QED) is 0.518. The van der Waals surface area contributed by atoms with Crippen molar-refractivity contribution in [3.63, 3.8) is 0 Å². The SMILES string of the molecule is CCN(CC)S(=O)(=O)c1ccc(N2C[C@H](C(=O)OCc3nc(C(C)C)no3)CC2=O)cc1. The van der Waals surface area contributed by atoms with E-state index in [4.69, 9.17) is 9.26 Å². The predicted molar refractivity (Wildman–Crippen MR) is 115 cm³/mol. The molecule has 11 heteroatoms.